The van der Waals surface area contributed by atoms with Gasteiger partial charge in [-0.15, -0.1) is 11.8 Å². The summed E-state index contributed by atoms with van der Waals surface area (Å²) in [5.41, 5.74) is 1.37. The Morgan fingerprint density at radius 1 is 1.12 bits per heavy atom. The molecule has 0 bridgehead atoms. The number of methoxy groups -OCH3 is 2. The Bertz CT molecular complexity index is 2150. The first kappa shape index (κ1) is 34.5. The molecular weight excluding hydrogens is 666 g/mol. The van der Waals surface area contributed by atoms with Crippen molar-refractivity contribution in [3.63, 3.8) is 0 Å². The van der Waals surface area contributed by atoms with Gasteiger partial charge < -0.3 is 14.2 Å². The molecule has 248 valence electrons. The first-order valence-corrected chi connectivity index (χ1v) is 16.3. The van der Waals surface area contributed by atoms with Gasteiger partial charge in [0.05, 0.1) is 48.2 Å². The van der Waals surface area contributed by atoms with Crippen molar-refractivity contribution in [3.05, 3.63) is 113 Å². The fraction of sp³-hybridized carbons (Fsp3) is 0.265. The second-order valence-electron chi connectivity index (χ2n) is 10.5. The van der Waals surface area contributed by atoms with Gasteiger partial charge in [0, 0.05) is 11.3 Å². The van der Waals surface area contributed by atoms with Gasteiger partial charge in [-0.2, -0.15) is 18.4 Å². The maximum atomic E-state index is 14.0. The quantitative estimate of drug-likeness (QED) is 0.162. The van der Waals surface area contributed by atoms with Crippen molar-refractivity contribution in [1.82, 2.24) is 9.55 Å². The minimum Gasteiger partial charge on any atom is -0.497 e. The van der Waals surface area contributed by atoms with Crippen LogP contribution >= 0.6 is 23.1 Å². The molecule has 9 nitrogen and oxygen atoms in total. The lowest BCUT2D eigenvalue weighted by Gasteiger charge is -2.24. The molecule has 0 amide bonds. The van der Waals surface area contributed by atoms with Crippen LogP contribution in [0, 0.1) is 18.3 Å². The number of pyridine rings is 1. The zero-order chi connectivity index (χ0) is 34.7. The average Bonchev–Trinajstić information content (AvgIpc) is 3.36. The summed E-state index contributed by atoms with van der Waals surface area (Å²) in [5.74, 6) is 0.642. The van der Waals surface area contributed by atoms with Gasteiger partial charge in [0.25, 0.3) is 5.56 Å². The summed E-state index contributed by atoms with van der Waals surface area (Å²) >= 11 is 2.14. The Balaban J connectivity index is 1.57. The fourth-order valence-corrected chi connectivity index (χ4v) is 7.30. The lowest BCUT2D eigenvalue weighted by Crippen LogP contribution is -2.39. The molecule has 2 aromatic heterocycles. The Morgan fingerprint density at radius 2 is 1.85 bits per heavy atom. The van der Waals surface area contributed by atoms with Gasteiger partial charge in [0.15, 0.2) is 4.80 Å². The number of nitrogens with zero attached hydrogens (tertiary/aromatic N) is 4. The van der Waals surface area contributed by atoms with Gasteiger partial charge in [-0.25, -0.2) is 14.8 Å². The van der Waals surface area contributed by atoms with Crippen LogP contribution in [0.4, 0.5) is 13.2 Å². The van der Waals surface area contributed by atoms with E-state index in [1.54, 1.807) is 69.5 Å². The molecular formula is C34H29F3N4O5S2. The number of aromatic nitrogens is 2. The van der Waals surface area contributed by atoms with Crippen molar-refractivity contribution in [2.24, 2.45) is 4.99 Å². The van der Waals surface area contributed by atoms with E-state index in [-0.39, 0.29) is 39.6 Å². The smallest absolute Gasteiger partial charge is 0.433 e. The predicted molar refractivity (Wildman–Crippen MR) is 175 cm³/mol. The fourth-order valence-electron chi connectivity index (χ4n) is 5.22. The van der Waals surface area contributed by atoms with Gasteiger partial charge in [-0.05, 0) is 73.9 Å². The normalized spacial score (nSPS) is 14.6. The number of carbonyl (C=O) groups is 1. The van der Waals surface area contributed by atoms with E-state index in [1.807, 2.05) is 6.07 Å². The number of benzene rings is 2. The van der Waals surface area contributed by atoms with E-state index in [1.165, 1.54) is 18.6 Å². The number of thiazole rings is 1. The van der Waals surface area contributed by atoms with Crippen LogP contribution in [0.1, 0.15) is 53.4 Å². The molecule has 14 heteroatoms. The summed E-state index contributed by atoms with van der Waals surface area (Å²) in [6, 6.07) is 14.3. The Labute approximate surface area is 281 Å². The summed E-state index contributed by atoms with van der Waals surface area (Å²) < 4.78 is 58.4. The van der Waals surface area contributed by atoms with Gasteiger partial charge in [-0.1, -0.05) is 29.5 Å². The summed E-state index contributed by atoms with van der Waals surface area (Å²) in [6.45, 7) is 4.99. The molecule has 0 fully saturated rings. The SMILES string of the molecule is CCOC(=O)C1=C(C)N=c2s/c(=C/c3ccc(OC)c(CSc4nc(C(F)(F)F)cc(C)c4C#N)c3)c(=O)n2C1c1ccc(OC)cc1. The minimum absolute atomic E-state index is 0.0445. The molecule has 0 spiro atoms. The number of thioether (sulfide) groups is 1. The molecule has 0 radical (unpaired) electrons. The number of nitriles is 1. The highest BCUT2D eigenvalue weighted by molar-refractivity contribution is 7.98. The largest absolute Gasteiger partial charge is 0.497 e. The van der Waals surface area contributed by atoms with E-state index < -0.39 is 23.9 Å². The number of ether oxygens (including phenoxy) is 3. The number of rotatable bonds is 9. The summed E-state index contributed by atoms with van der Waals surface area (Å²) in [7, 11) is 3.01. The predicted octanol–water partition coefficient (Wildman–Crippen LogP) is 5.70. The van der Waals surface area contributed by atoms with E-state index in [4.69, 9.17) is 14.2 Å². The summed E-state index contributed by atoms with van der Waals surface area (Å²) in [6.07, 6.45) is -2.99. The van der Waals surface area contributed by atoms with Crippen LogP contribution in [0.3, 0.4) is 0 Å². The summed E-state index contributed by atoms with van der Waals surface area (Å²) in [4.78, 5) is 35.9. The molecule has 1 unspecified atom stereocenters. The van der Waals surface area contributed by atoms with Crippen molar-refractivity contribution in [2.75, 3.05) is 20.8 Å². The Kier molecular flexibility index (Phi) is 10.1. The standard InChI is InChI=1S/C34H29F3N4O5S2/c1-6-46-32(43)28-19(3)39-33-41(29(28)21-8-10-23(44-4)11-9-21)31(42)26(48-33)15-20-7-12-25(45-5)22(14-20)17-47-30-24(16-38)18(2)13-27(40-30)34(35,36)37/h7-15,29H,6,17H2,1-5H3/b26-15+. The third-order valence-electron chi connectivity index (χ3n) is 7.50. The average molecular weight is 695 g/mol. The van der Waals surface area contributed by atoms with Crippen LogP contribution in [-0.2, 0) is 21.5 Å². The van der Waals surface area contributed by atoms with Crippen molar-refractivity contribution in [1.29, 1.82) is 5.26 Å². The number of allylic oxidation sites excluding steroid dienone is 1. The third-order valence-corrected chi connectivity index (χ3v) is 9.51. The van der Waals surface area contributed by atoms with Crippen LogP contribution in [0.5, 0.6) is 11.5 Å². The molecule has 4 aromatic rings. The van der Waals surface area contributed by atoms with E-state index >= 15 is 0 Å². The number of aryl methyl sites for hydroxylation is 1. The zero-order valence-electron chi connectivity index (χ0n) is 26.5. The number of hydrogen-bond acceptors (Lipinski definition) is 10. The van der Waals surface area contributed by atoms with Crippen molar-refractivity contribution >= 4 is 35.1 Å². The van der Waals surface area contributed by atoms with E-state index in [0.717, 1.165) is 29.2 Å². The van der Waals surface area contributed by atoms with E-state index in [0.29, 0.717) is 43.2 Å². The first-order chi connectivity index (χ1) is 22.9. The molecule has 0 N–H and O–H groups in total. The highest BCUT2D eigenvalue weighted by Crippen LogP contribution is 2.35. The minimum atomic E-state index is -4.67. The molecule has 1 aliphatic rings. The lowest BCUT2D eigenvalue weighted by atomic mass is 9.96. The second kappa shape index (κ2) is 14.1. The molecule has 0 aliphatic carbocycles. The maximum Gasteiger partial charge on any atom is 0.433 e. The highest BCUT2D eigenvalue weighted by atomic mass is 32.2. The van der Waals surface area contributed by atoms with Crippen LogP contribution < -0.4 is 24.4 Å². The molecule has 1 atom stereocenters. The third kappa shape index (κ3) is 6.88. The van der Waals surface area contributed by atoms with Crippen LogP contribution in [0.2, 0.25) is 0 Å². The summed E-state index contributed by atoms with van der Waals surface area (Å²) in [5, 5.41) is 9.57. The highest BCUT2D eigenvalue weighted by Gasteiger charge is 2.35. The van der Waals surface area contributed by atoms with Crippen molar-refractivity contribution < 1.29 is 32.2 Å². The van der Waals surface area contributed by atoms with Gasteiger partial charge in [0.2, 0.25) is 0 Å². The molecule has 5 rings (SSSR count). The number of halogens is 3. The van der Waals surface area contributed by atoms with Crippen LogP contribution in [-0.4, -0.2) is 36.3 Å². The number of fused-ring (bicyclic) bond motifs is 1. The van der Waals surface area contributed by atoms with Crippen molar-refractivity contribution in [3.8, 4) is 17.6 Å². The lowest BCUT2D eigenvalue weighted by molar-refractivity contribution is -0.141. The van der Waals surface area contributed by atoms with Gasteiger partial charge in [-0.3, -0.25) is 9.36 Å². The maximum absolute atomic E-state index is 14.0. The van der Waals surface area contributed by atoms with Crippen LogP contribution in [0.15, 0.2) is 74.6 Å². The second-order valence-corrected chi connectivity index (χ2v) is 12.5. The number of alkyl halides is 3. The Morgan fingerprint density at radius 3 is 2.48 bits per heavy atom. The topological polar surface area (TPSA) is 116 Å². The molecule has 1 aliphatic heterocycles. The Hall–Kier alpha value is -4.87. The molecule has 0 saturated carbocycles. The monoisotopic (exact) mass is 694 g/mol. The van der Waals surface area contributed by atoms with E-state index in [9.17, 15) is 28.0 Å². The molecule has 48 heavy (non-hydrogen) atoms. The number of carbonyl (C=O) groups excluding carboxylic acids is 1. The van der Waals surface area contributed by atoms with Crippen molar-refractivity contribution in [2.45, 2.75) is 43.8 Å². The van der Waals surface area contributed by atoms with Gasteiger partial charge in [0.1, 0.15) is 28.3 Å². The van der Waals surface area contributed by atoms with Crippen LogP contribution in [0.25, 0.3) is 6.08 Å². The van der Waals surface area contributed by atoms with E-state index in [2.05, 4.69) is 9.98 Å². The molecule has 3 heterocycles. The number of hydrogen-bond donors (Lipinski definition) is 0. The molecule has 0 saturated heterocycles. The first-order valence-electron chi connectivity index (χ1n) is 14.5. The van der Waals surface area contributed by atoms with Gasteiger partial charge >= 0.3 is 12.1 Å². The zero-order valence-corrected chi connectivity index (χ0v) is 28.1. The molecule has 2 aromatic carbocycles. The number of esters is 1.